The predicted molar refractivity (Wildman–Crippen MR) is 241 cm³/mol. The first-order valence-corrected chi connectivity index (χ1v) is 21.4. The number of halogens is 4. The Hall–Kier alpha value is -5.53. The second-order valence-electron chi connectivity index (χ2n) is 14.3. The molecule has 328 valence electrons. The van der Waals surface area contributed by atoms with Gasteiger partial charge < -0.3 is 20.0 Å². The largest absolute Gasteiger partial charge is 0.480 e. The van der Waals surface area contributed by atoms with Gasteiger partial charge in [-0.05, 0) is 59.7 Å². The zero-order chi connectivity index (χ0) is 45.5. The molecule has 2 fully saturated rings. The number of hydrogen-bond donors (Lipinski definition) is 2. The molecule has 0 aromatic heterocycles. The lowest BCUT2D eigenvalue weighted by molar-refractivity contribution is -0.387. The summed E-state index contributed by atoms with van der Waals surface area (Å²) in [6, 6.07) is 14.6. The number of hydrogen-bond acceptors (Lipinski definition) is 11. The van der Waals surface area contributed by atoms with Crippen molar-refractivity contribution in [1.29, 1.82) is 0 Å². The van der Waals surface area contributed by atoms with Gasteiger partial charge in [-0.1, -0.05) is 82.4 Å². The molecule has 4 aromatic carbocycles. The van der Waals surface area contributed by atoms with Gasteiger partial charge in [0.1, 0.15) is 0 Å². The van der Waals surface area contributed by atoms with Gasteiger partial charge in [0.2, 0.25) is 11.8 Å². The van der Waals surface area contributed by atoms with Crippen molar-refractivity contribution in [2.24, 2.45) is 0 Å². The Labute approximate surface area is 384 Å². The summed E-state index contributed by atoms with van der Waals surface area (Å²) >= 11 is 26.5. The third-order valence-corrected chi connectivity index (χ3v) is 12.4. The minimum Gasteiger partial charge on any atom is -0.480 e. The topological polar surface area (TPSA) is 208 Å². The highest BCUT2D eigenvalue weighted by molar-refractivity contribution is 7.99. The number of rotatable bonds is 14. The summed E-state index contributed by atoms with van der Waals surface area (Å²) < 4.78 is 0. The highest BCUT2D eigenvalue weighted by atomic mass is 35.5. The van der Waals surface area contributed by atoms with Crippen molar-refractivity contribution in [2.45, 2.75) is 9.79 Å². The molecule has 2 saturated heterocycles. The molecule has 0 radical (unpaired) electrons. The Balaban J connectivity index is 1.42. The van der Waals surface area contributed by atoms with Crippen LogP contribution in [0.5, 0.6) is 0 Å². The molecule has 0 aliphatic carbocycles. The Morgan fingerprint density at radius 2 is 0.952 bits per heavy atom. The van der Waals surface area contributed by atoms with E-state index in [2.05, 4.69) is 0 Å². The number of piperazine rings is 2. The number of carbonyl (C=O) groups excluding carboxylic acids is 2. The predicted octanol–water partition coefficient (Wildman–Crippen LogP) is 8.09. The molecule has 4 aromatic rings. The van der Waals surface area contributed by atoms with Crippen LogP contribution in [0.1, 0.15) is 11.1 Å². The minimum absolute atomic E-state index is 0.00692. The Morgan fingerprint density at radius 3 is 1.27 bits per heavy atom. The molecule has 63 heavy (non-hydrogen) atoms. The fourth-order valence-electron chi connectivity index (χ4n) is 7.22. The summed E-state index contributed by atoms with van der Waals surface area (Å²) in [6.07, 6.45) is 5.34. The van der Waals surface area contributed by atoms with Gasteiger partial charge >= 0.3 is 11.9 Å². The Kier molecular flexibility index (Phi) is 15.5. The van der Waals surface area contributed by atoms with E-state index in [4.69, 9.17) is 56.6 Å². The van der Waals surface area contributed by atoms with Crippen LogP contribution in [-0.2, 0) is 19.2 Å². The van der Waals surface area contributed by atoms with E-state index >= 15 is 0 Å². The lowest BCUT2D eigenvalue weighted by Crippen LogP contribution is -2.49. The van der Waals surface area contributed by atoms with Crippen molar-refractivity contribution in [3.63, 3.8) is 0 Å². The fourth-order valence-corrected chi connectivity index (χ4v) is 9.28. The van der Waals surface area contributed by atoms with Gasteiger partial charge in [-0.25, -0.2) is 0 Å². The molecule has 2 N–H and O–H groups in total. The average Bonchev–Trinajstić information content (AvgIpc) is 3.22. The van der Waals surface area contributed by atoms with Gasteiger partial charge in [-0.3, -0.25) is 49.2 Å². The Bertz CT molecular complexity index is 2390. The van der Waals surface area contributed by atoms with Crippen molar-refractivity contribution in [3.8, 4) is 22.3 Å². The van der Waals surface area contributed by atoms with Gasteiger partial charge in [-0.15, -0.1) is 0 Å². The molecule has 21 heteroatoms. The van der Waals surface area contributed by atoms with E-state index < -0.39 is 45.0 Å². The van der Waals surface area contributed by atoms with Crippen LogP contribution < -0.4 is 0 Å². The summed E-state index contributed by atoms with van der Waals surface area (Å²) in [5.41, 5.74) is -0.0872. The smallest absolute Gasteiger partial charge is 0.317 e. The number of nitro benzene ring substituents is 2. The molecule has 0 unspecified atom stereocenters. The van der Waals surface area contributed by atoms with Gasteiger partial charge in [0, 0.05) is 85.7 Å². The van der Waals surface area contributed by atoms with Gasteiger partial charge in [0.15, 0.2) is 0 Å². The molecular formula is C42H36Cl4N6O10S. The lowest BCUT2D eigenvalue weighted by atomic mass is 9.97. The average molecular weight is 959 g/mol. The molecule has 0 spiro atoms. The second-order valence-corrected chi connectivity index (χ2v) is 17.0. The highest BCUT2D eigenvalue weighted by Gasteiger charge is 2.31. The molecule has 0 atom stereocenters. The van der Waals surface area contributed by atoms with Crippen molar-refractivity contribution >= 4 is 105 Å². The van der Waals surface area contributed by atoms with Gasteiger partial charge in [-0.2, -0.15) is 0 Å². The molecule has 2 amide bonds. The summed E-state index contributed by atoms with van der Waals surface area (Å²) in [6.45, 7) is 2.13. The van der Waals surface area contributed by atoms with Crippen LogP contribution in [0, 0.1) is 20.2 Å². The number of carboxylic acid groups (broad SMARTS) is 2. The number of carboxylic acids is 2. The maximum Gasteiger partial charge on any atom is 0.317 e. The molecule has 2 heterocycles. The van der Waals surface area contributed by atoms with Crippen molar-refractivity contribution in [1.82, 2.24) is 19.6 Å². The van der Waals surface area contributed by atoms with Crippen LogP contribution in [0.2, 0.25) is 20.1 Å². The minimum atomic E-state index is -0.978. The van der Waals surface area contributed by atoms with Crippen molar-refractivity contribution in [2.75, 3.05) is 65.4 Å². The molecule has 6 rings (SSSR count). The number of nitro groups is 2. The number of carbonyl (C=O) groups is 4. The van der Waals surface area contributed by atoms with E-state index in [0.717, 1.165) is 11.8 Å². The van der Waals surface area contributed by atoms with Crippen LogP contribution in [0.3, 0.4) is 0 Å². The van der Waals surface area contributed by atoms with E-state index in [-0.39, 0.29) is 103 Å². The van der Waals surface area contributed by atoms with Crippen LogP contribution >= 0.6 is 58.2 Å². The standard InChI is InChI=1S/C42H36Cl4N6O10S/c43-27-5-7-29(31(45)21-27)39-25(3-11-35(53)49-17-13-47(14-18-49)23-37(55)56)1-9-33(41(39)51(59)60)63-34-10-2-26(4-12-36(54)50-19-15-48(16-20-50)24-38(57)58)40(42(34)52(61)62)30-8-6-28(44)22-32(30)46/h1-12,21-22H,13-20,23-24H2,(H,55,56)(H,57,58). The van der Waals surface area contributed by atoms with Crippen molar-refractivity contribution in [3.05, 3.63) is 124 Å². The molecular weight excluding hydrogens is 922 g/mol. The zero-order valence-corrected chi connectivity index (χ0v) is 36.8. The summed E-state index contributed by atoms with van der Waals surface area (Å²) in [7, 11) is 0. The van der Waals surface area contributed by atoms with E-state index in [1.54, 1.807) is 9.80 Å². The van der Waals surface area contributed by atoms with Crippen LogP contribution in [0.4, 0.5) is 11.4 Å². The summed E-state index contributed by atoms with van der Waals surface area (Å²) in [5, 5.41) is 45.2. The molecule has 0 saturated carbocycles. The maximum atomic E-state index is 13.3. The van der Waals surface area contributed by atoms with Crippen molar-refractivity contribution < 1.29 is 39.2 Å². The van der Waals surface area contributed by atoms with Crippen LogP contribution in [0.15, 0.2) is 82.6 Å². The zero-order valence-electron chi connectivity index (χ0n) is 32.9. The SMILES string of the molecule is O=C(O)CN1CCN(C(=O)C=Cc2ccc(Sc3ccc(C=CC(=O)N4CCN(CC(=O)O)CC4)c(-c4ccc(Cl)cc4Cl)c3[N+](=O)[O-])c([N+](=O)[O-])c2-c2ccc(Cl)cc2Cl)CC1. The van der Waals surface area contributed by atoms with Gasteiger partial charge in [0.25, 0.3) is 11.4 Å². The van der Waals surface area contributed by atoms with Crippen LogP contribution in [0.25, 0.3) is 34.4 Å². The summed E-state index contributed by atoms with van der Waals surface area (Å²) in [5.74, 6) is -2.77. The number of amides is 2. The number of nitrogens with zero attached hydrogens (tertiary/aromatic N) is 6. The lowest BCUT2D eigenvalue weighted by Gasteiger charge is -2.33. The molecule has 2 aliphatic rings. The Morgan fingerprint density at radius 1 is 0.587 bits per heavy atom. The third-order valence-electron chi connectivity index (χ3n) is 10.2. The number of benzene rings is 4. The van der Waals surface area contributed by atoms with E-state index in [1.807, 2.05) is 0 Å². The van der Waals surface area contributed by atoms with Gasteiger partial charge in [0.05, 0.1) is 53.9 Å². The monoisotopic (exact) mass is 956 g/mol. The highest BCUT2D eigenvalue weighted by Crippen LogP contribution is 2.50. The van der Waals surface area contributed by atoms with Crippen LogP contribution in [-0.4, -0.2) is 129 Å². The second kappa shape index (κ2) is 20.8. The summed E-state index contributed by atoms with van der Waals surface area (Å²) in [4.78, 5) is 80.4. The first-order valence-electron chi connectivity index (χ1n) is 19.0. The quantitative estimate of drug-likeness (QED) is 0.0697. The normalized spacial score (nSPS) is 15.0. The first kappa shape index (κ1) is 47.0. The molecule has 0 bridgehead atoms. The first-order chi connectivity index (χ1) is 30.0. The molecule has 16 nitrogen and oxygen atoms in total. The van der Waals surface area contributed by atoms with E-state index in [1.165, 1.54) is 94.8 Å². The molecule has 2 aliphatic heterocycles. The maximum absolute atomic E-state index is 13.3. The fraction of sp³-hybridized carbons (Fsp3) is 0.238. The third kappa shape index (κ3) is 11.5. The van der Waals surface area contributed by atoms with E-state index in [0.29, 0.717) is 26.2 Å². The number of aliphatic carboxylic acids is 2. The van der Waals surface area contributed by atoms with E-state index in [9.17, 15) is 39.4 Å².